The summed E-state index contributed by atoms with van der Waals surface area (Å²) < 4.78 is 5.52. The molecule has 146 valence electrons. The van der Waals surface area contributed by atoms with Crippen molar-refractivity contribution in [1.82, 2.24) is 19.9 Å². The lowest BCUT2D eigenvalue weighted by molar-refractivity contribution is 0.222. The zero-order valence-corrected chi connectivity index (χ0v) is 16.9. The third kappa shape index (κ3) is 4.79. The Balaban J connectivity index is 1.34. The van der Waals surface area contributed by atoms with Crippen LogP contribution in [0.5, 0.6) is 0 Å². The molecular formula is C22H25ClN4O. The molecule has 1 aliphatic heterocycles. The molecule has 0 radical (unpaired) electrons. The largest absolute Gasteiger partial charge is 0.338 e. The first-order valence-electron chi connectivity index (χ1n) is 9.75. The van der Waals surface area contributed by atoms with E-state index in [1.54, 1.807) is 0 Å². The Labute approximate surface area is 170 Å². The normalized spacial score (nSPS) is 16.2. The molecule has 0 aliphatic carbocycles. The predicted molar refractivity (Wildman–Crippen MR) is 111 cm³/mol. The van der Waals surface area contributed by atoms with Crippen molar-refractivity contribution in [3.8, 4) is 11.4 Å². The highest BCUT2D eigenvalue weighted by molar-refractivity contribution is 6.30. The average Bonchev–Trinajstić information content (AvgIpc) is 3.04. The Hall–Kier alpha value is -2.21. The molecule has 0 amide bonds. The van der Waals surface area contributed by atoms with Crippen LogP contribution in [0, 0.1) is 6.92 Å². The monoisotopic (exact) mass is 396 g/mol. The van der Waals surface area contributed by atoms with Crippen LogP contribution in [0.4, 0.5) is 0 Å². The van der Waals surface area contributed by atoms with Crippen LogP contribution < -0.4 is 0 Å². The second-order valence-electron chi connectivity index (χ2n) is 7.36. The van der Waals surface area contributed by atoms with Gasteiger partial charge in [-0.25, -0.2) is 0 Å². The fourth-order valence-corrected chi connectivity index (χ4v) is 3.76. The van der Waals surface area contributed by atoms with Crippen LogP contribution in [0.2, 0.25) is 5.02 Å². The highest BCUT2D eigenvalue weighted by Crippen LogP contribution is 2.20. The fraction of sp³-hybridized carbons (Fsp3) is 0.364. The van der Waals surface area contributed by atoms with Gasteiger partial charge in [0.1, 0.15) is 0 Å². The lowest BCUT2D eigenvalue weighted by atomic mass is 10.1. The summed E-state index contributed by atoms with van der Waals surface area (Å²) in [5.74, 6) is 1.36. The summed E-state index contributed by atoms with van der Waals surface area (Å²) in [6, 6.07) is 16.3. The van der Waals surface area contributed by atoms with Crippen molar-refractivity contribution in [2.45, 2.75) is 26.4 Å². The van der Waals surface area contributed by atoms with Gasteiger partial charge in [0, 0.05) is 30.2 Å². The Morgan fingerprint density at radius 2 is 1.64 bits per heavy atom. The van der Waals surface area contributed by atoms with E-state index in [0.717, 1.165) is 55.3 Å². The molecule has 3 aromatic rings. The van der Waals surface area contributed by atoms with Gasteiger partial charge in [0.15, 0.2) is 0 Å². The summed E-state index contributed by atoms with van der Waals surface area (Å²) in [6.07, 6.45) is 1.13. The minimum atomic E-state index is 0.673. The van der Waals surface area contributed by atoms with Crippen LogP contribution in [0.1, 0.15) is 23.4 Å². The van der Waals surface area contributed by atoms with Crippen molar-refractivity contribution in [3.63, 3.8) is 0 Å². The second kappa shape index (κ2) is 8.86. The molecule has 5 nitrogen and oxygen atoms in total. The van der Waals surface area contributed by atoms with Crippen LogP contribution >= 0.6 is 11.6 Å². The molecule has 0 spiro atoms. The van der Waals surface area contributed by atoms with Gasteiger partial charge in [-0.3, -0.25) is 9.80 Å². The molecule has 1 fully saturated rings. The summed E-state index contributed by atoms with van der Waals surface area (Å²) in [7, 11) is 0. The first kappa shape index (κ1) is 19.1. The van der Waals surface area contributed by atoms with Crippen molar-refractivity contribution in [3.05, 3.63) is 70.6 Å². The van der Waals surface area contributed by atoms with Gasteiger partial charge in [0.05, 0.1) is 6.54 Å². The summed E-state index contributed by atoms with van der Waals surface area (Å²) in [4.78, 5) is 9.51. The van der Waals surface area contributed by atoms with E-state index in [1.807, 2.05) is 30.3 Å². The van der Waals surface area contributed by atoms with Crippen molar-refractivity contribution in [1.29, 1.82) is 0 Å². The summed E-state index contributed by atoms with van der Waals surface area (Å²) in [6.45, 7) is 7.89. The lowest BCUT2D eigenvalue weighted by Crippen LogP contribution is -2.30. The molecule has 0 unspecified atom stereocenters. The molecule has 2 aromatic carbocycles. The maximum Gasteiger partial charge on any atom is 0.241 e. The molecule has 2 heterocycles. The van der Waals surface area contributed by atoms with Crippen molar-refractivity contribution in [2.75, 3.05) is 26.2 Å². The van der Waals surface area contributed by atoms with Crippen molar-refractivity contribution in [2.24, 2.45) is 0 Å². The maximum atomic E-state index is 5.99. The topological polar surface area (TPSA) is 45.4 Å². The number of rotatable bonds is 5. The number of aryl methyl sites for hydroxylation is 1. The third-order valence-electron chi connectivity index (χ3n) is 5.21. The summed E-state index contributed by atoms with van der Waals surface area (Å²) >= 11 is 5.99. The fourth-order valence-electron chi connectivity index (χ4n) is 3.63. The number of nitrogens with zero attached hydrogens (tertiary/aromatic N) is 4. The molecule has 1 aromatic heterocycles. The molecule has 6 heteroatoms. The standard InChI is InChI=1S/C22H25ClN4O/c1-17-5-2-3-6-20(17)22-24-21(28-25-22)16-27-12-4-11-26(13-14-27)15-18-7-9-19(23)10-8-18/h2-3,5-10H,4,11-16H2,1H3. The Morgan fingerprint density at radius 3 is 2.39 bits per heavy atom. The molecule has 28 heavy (non-hydrogen) atoms. The van der Waals surface area contributed by atoms with E-state index in [1.165, 1.54) is 5.56 Å². The third-order valence-corrected chi connectivity index (χ3v) is 5.47. The minimum absolute atomic E-state index is 0.673. The summed E-state index contributed by atoms with van der Waals surface area (Å²) in [5.41, 5.74) is 3.49. The molecule has 0 bridgehead atoms. The van der Waals surface area contributed by atoms with E-state index in [4.69, 9.17) is 16.1 Å². The molecule has 1 aliphatic rings. The zero-order chi connectivity index (χ0) is 19.3. The van der Waals surface area contributed by atoms with E-state index in [0.29, 0.717) is 18.3 Å². The van der Waals surface area contributed by atoms with Crippen LogP contribution in [-0.4, -0.2) is 46.1 Å². The van der Waals surface area contributed by atoms with Gasteiger partial charge in [0.2, 0.25) is 11.7 Å². The number of aromatic nitrogens is 2. The van der Waals surface area contributed by atoms with E-state index in [2.05, 4.69) is 45.1 Å². The Kier molecular flexibility index (Phi) is 6.05. The van der Waals surface area contributed by atoms with Crippen molar-refractivity contribution < 1.29 is 4.52 Å². The van der Waals surface area contributed by atoms with Crippen LogP contribution in [0.15, 0.2) is 53.1 Å². The first-order chi connectivity index (χ1) is 13.7. The van der Waals surface area contributed by atoms with Gasteiger partial charge >= 0.3 is 0 Å². The van der Waals surface area contributed by atoms with Gasteiger partial charge in [0.25, 0.3) is 0 Å². The lowest BCUT2D eigenvalue weighted by Gasteiger charge is -2.21. The number of hydrogen-bond acceptors (Lipinski definition) is 5. The first-order valence-corrected chi connectivity index (χ1v) is 10.1. The molecule has 1 saturated heterocycles. The molecular weight excluding hydrogens is 372 g/mol. The quantitative estimate of drug-likeness (QED) is 0.639. The Bertz CT molecular complexity index is 909. The van der Waals surface area contributed by atoms with Crippen molar-refractivity contribution >= 4 is 11.6 Å². The maximum absolute atomic E-state index is 5.99. The smallest absolute Gasteiger partial charge is 0.241 e. The van der Waals surface area contributed by atoms with Gasteiger partial charge < -0.3 is 4.52 Å². The Morgan fingerprint density at radius 1 is 0.929 bits per heavy atom. The van der Waals surface area contributed by atoms with Crippen LogP contribution in [-0.2, 0) is 13.1 Å². The van der Waals surface area contributed by atoms with Gasteiger partial charge in [-0.15, -0.1) is 0 Å². The van der Waals surface area contributed by atoms with E-state index in [9.17, 15) is 0 Å². The number of benzene rings is 2. The number of hydrogen-bond donors (Lipinski definition) is 0. The van der Waals surface area contributed by atoms with E-state index in [-0.39, 0.29) is 0 Å². The average molecular weight is 397 g/mol. The highest BCUT2D eigenvalue weighted by Gasteiger charge is 2.18. The van der Waals surface area contributed by atoms with E-state index >= 15 is 0 Å². The molecule has 4 rings (SSSR count). The van der Waals surface area contributed by atoms with Gasteiger partial charge in [-0.05, 0) is 49.7 Å². The zero-order valence-electron chi connectivity index (χ0n) is 16.1. The van der Waals surface area contributed by atoms with Gasteiger partial charge in [-0.2, -0.15) is 4.98 Å². The van der Waals surface area contributed by atoms with Crippen LogP contribution in [0.25, 0.3) is 11.4 Å². The SMILES string of the molecule is Cc1ccccc1-c1noc(CN2CCCN(Cc3ccc(Cl)cc3)CC2)n1. The molecule has 0 atom stereocenters. The highest BCUT2D eigenvalue weighted by atomic mass is 35.5. The molecule has 0 saturated carbocycles. The minimum Gasteiger partial charge on any atom is -0.338 e. The van der Waals surface area contributed by atoms with Crippen LogP contribution in [0.3, 0.4) is 0 Å². The number of halogens is 1. The second-order valence-corrected chi connectivity index (χ2v) is 7.80. The van der Waals surface area contributed by atoms with Gasteiger partial charge in [-0.1, -0.05) is 53.2 Å². The molecule has 0 N–H and O–H groups in total. The predicted octanol–water partition coefficient (Wildman–Crippen LogP) is 4.41. The van der Waals surface area contributed by atoms with E-state index < -0.39 is 0 Å². The summed E-state index contributed by atoms with van der Waals surface area (Å²) in [5, 5.41) is 4.97.